The van der Waals surface area contributed by atoms with Gasteiger partial charge in [0.1, 0.15) is 0 Å². The quantitative estimate of drug-likeness (QED) is 0.0324. The number of amides is 1. The summed E-state index contributed by atoms with van der Waals surface area (Å²) in [6.45, 7) is 4.88. The van der Waals surface area contributed by atoms with E-state index < -0.39 is 12.1 Å². The van der Waals surface area contributed by atoms with E-state index in [0.29, 0.717) is 25.9 Å². The first-order valence-corrected chi connectivity index (χ1v) is 24.9. The number of unbranched alkanes of at least 4 members (excludes halogenated alkanes) is 33. The summed E-state index contributed by atoms with van der Waals surface area (Å²) in [7, 11) is 0. The highest BCUT2D eigenvalue weighted by atomic mass is 16.5. The zero-order valence-electron chi connectivity index (χ0n) is 37.6. The summed E-state index contributed by atoms with van der Waals surface area (Å²) in [5.41, 5.74) is 0. The van der Waals surface area contributed by atoms with Gasteiger partial charge in [-0.3, -0.25) is 9.59 Å². The molecule has 0 radical (unpaired) electrons. The number of ether oxygens (including phenoxy) is 1. The standard InChI is InChI=1S/C50H97NO5/c1-3-5-7-9-11-13-15-17-18-19-20-22-24-28-32-36-40-44-50(55)56-45-41-37-33-29-25-27-31-35-39-43-49(54)51-47(46-52)48(53)42-38-34-30-26-23-21-16-14-12-10-8-6-4-2/h17-18,47-48,52-53H,3-16,19-46H2,1-2H3,(H,51,54)/b18-17-. The van der Waals surface area contributed by atoms with Gasteiger partial charge in [0, 0.05) is 12.8 Å². The van der Waals surface area contributed by atoms with Crippen molar-refractivity contribution in [1.29, 1.82) is 0 Å². The molecule has 1 amide bonds. The zero-order valence-corrected chi connectivity index (χ0v) is 37.6. The minimum atomic E-state index is -0.680. The maximum Gasteiger partial charge on any atom is 0.305 e. The minimum absolute atomic E-state index is 0.0282. The van der Waals surface area contributed by atoms with E-state index in [0.717, 1.165) is 57.8 Å². The molecule has 0 aliphatic carbocycles. The summed E-state index contributed by atoms with van der Waals surface area (Å²) in [5, 5.41) is 23.1. The average molecular weight is 792 g/mol. The molecule has 0 heterocycles. The Bertz CT molecular complexity index is 832. The highest BCUT2D eigenvalue weighted by molar-refractivity contribution is 5.76. The molecule has 0 aliphatic heterocycles. The van der Waals surface area contributed by atoms with Crippen molar-refractivity contribution in [3.63, 3.8) is 0 Å². The van der Waals surface area contributed by atoms with Crippen molar-refractivity contribution >= 4 is 11.9 Å². The summed E-state index contributed by atoms with van der Waals surface area (Å²) in [5.74, 6) is -0.0907. The third-order valence-electron chi connectivity index (χ3n) is 11.6. The number of carbonyl (C=O) groups excluding carboxylic acids is 2. The second-order valence-corrected chi connectivity index (χ2v) is 17.1. The van der Waals surface area contributed by atoms with Crippen LogP contribution in [0.25, 0.3) is 0 Å². The molecule has 0 fully saturated rings. The Morgan fingerprint density at radius 3 is 1.27 bits per heavy atom. The molecule has 0 saturated carbocycles. The summed E-state index contributed by atoms with van der Waals surface area (Å²) in [6.07, 6.45) is 51.7. The molecule has 0 saturated heterocycles. The normalized spacial score (nSPS) is 12.7. The van der Waals surface area contributed by atoms with Crippen LogP contribution in [0.4, 0.5) is 0 Å². The number of aliphatic hydroxyl groups excluding tert-OH is 2. The Morgan fingerprint density at radius 1 is 0.482 bits per heavy atom. The van der Waals surface area contributed by atoms with Gasteiger partial charge in [0.2, 0.25) is 5.91 Å². The Hall–Kier alpha value is -1.40. The topological polar surface area (TPSA) is 95.9 Å². The number of esters is 1. The number of hydrogen-bond acceptors (Lipinski definition) is 5. The van der Waals surface area contributed by atoms with Gasteiger partial charge in [0.25, 0.3) is 0 Å². The van der Waals surface area contributed by atoms with Crippen molar-refractivity contribution < 1.29 is 24.5 Å². The third-order valence-corrected chi connectivity index (χ3v) is 11.6. The highest BCUT2D eigenvalue weighted by Crippen LogP contribution is 2.16. The van der Waals surface area contributed by atoms with Gasteiger partial charge >= 0.3 is 5.97 Å². The maximum atomic E-state index is 12.4. The predicted octanol–water partition coefficient (Wildman–Crippen LogP) is 14.6. The van der Waals surface area contributed by atoms with Gasteiger partial charge in [-0.25, -0.2) is 0 Å². The monoisotopic (exact) mass is 792 g/mol. The molecule has 0 spiro atoms. The summed E-state index contributed by atoms with van der Waals surface area (Å²) >= 11 is 0. The van der Waals surface area contributed by atoms with E-state index in [2.05, 4.69) is 31.3 Å². The van der Waals surface area contributed by atoms with Crippen molar-refractivity contribution in [3.05, 3.63) is 12.2 Å². The van der Waals surface area contributed by atoms with Gasteiger partial charge in [-0.15, -0.1) is 0 Å². The number of nitrogens with one attached hydrogen (secondary N) is 1. The molecular weight excluding hydrogens is 695 g/mol. The molecule has 0 aliphatic rings. The molecule has 0 aromatic carbocycles. The number of hydrogen-bond donors (Lipinski definition) is 3. The molecule has 332 valence electrons. The first-order chi connectivity index (χ1) is 27.5. The second kappa shape index (κ2) is 46.3. The molecule has 6 nitrogen and oxygen atoms in total. The summed E-state index contributed by atoms with van der Waals surface area (Å²) in [6, 6.07) is -0.560. The molecule has 0 aromatic heterocycles. The molecule has 3 N–H and O–H groups in total. The smallest absolute Gasteiger partial charge is 0.305 e. The Labute approximate surface area is 349 Å². The second-order valence-electron chi connectivity index (χ2n) is 17.1. The molecular formula is C50H97NO5. The van der Waals surface area contributed by atoms with Crippen LogP contribution in [0.15, 0.2) is 12.2 Å². The van der Waals surface area contributed by atoms with Gasteiger partial charge < -0.3 is 20.3 Å². The van der Waals surface area contributed by atoms with Crippen LogP contribution in [-0.4, -0.2) is 47.4 Å². The third kappa shape index (κ3) is 42.2. The number of rotatable bonds is 46. The van der Waals surface area contributed by atoms with E-state index in [1.807, 2.05) is 0 Å². The molecule has 56 heavy (non-hydrogen) atoms. The number of aliphatic hydroxyl groups is 2. The van der Waals surface area contributed by atoms with Crippen LogP contribution in [0.1, 0.15) is 271 Å². The fourth-order valence-corrected chi connectivity index (χ4v) is 7.69. The van der Waals surface area contributed by atoms with Gasteiger partial charge in [0.15, 0.2) is 0 Å². The first kappa shape index (κ1) is 54.6. The van der Waals surface area contributed by atoms with E-state index >= 15 is 0 Å². The van der Waals surface area contributed by atoms with E-state index in [-0.39, 0.29) is 18.5 Å². The summed E-state index contributed by atoms with van der Waals surface area (Å²) < 4.78 is 5.45. The lowest BCUT2D eigenvalue weighted by Crippen LogP contribution is -2.45. The van der Waals surface area contributed by atoms with E-state index in [1.54, 1.807) is 0 Å². The van der Waals surface area contributed by atoms with Crippen LogP contribution in [0.5, 0.6) is 0 Å². The lowest BCUT2D eigenvalue weighted by Gasteiger charge is -2.22. The van der Waals surface area contributed by atoms with E-state index in [4.69, 9.17) is 4.74 Å². The largest absolute Gasteiger partial charge is 0.466 e. The van der Waals surface area contributed by atoms with Crippen molar-refractivity contribution in [2.24, 2.45) is 0 Å². The van der Waals surface area contributed by atoms with Crippen LogP contribution < -0.4 is 5.32 Å². The van der Waals surface area contributed by atoms with E-state index in [9.17, 15) is 19.8 Å². The first-order valence-electron chi connectivity index (χ1n) is 24.9. The lowest BCUT2D eigenvalue weighted by molar-refractivity contribution is -0.143. The van der Waals surface area contributed by atoms with Crippen LogP contribution in [-0.2, 0) is 14.3 Å². The Kier molecular flexibility index (Phi) is 45.1. The van der Waals surface area contributed by atoms with Crippen LogP contribution in [0.2, 0.25) is 0 Å². The van der Waals surface area contributed by atoms with Gasteiger partial charge in [-0.1, -0.05) is 219 Å². The van der Waals surface area contributed by atoms with Crippen molar-refractivity contribution in [3.8, 4) is 0 Å². The van der Waals surface area contributed by atoms with Gasteiger partial charge in [0.05, 0.1) is 25.4 Å². The maximum absolute atomic E-state index is 12.4. The van der Waals surface area contributed by atoms with Crippen LogP contribution >= 0.6 is 0 Å². The van der Waals surface area contributed by atoms with Gasteiger partial charge in [-0.2, -0.15) is 0 Å². The van der Waals surface area contributed by atoms with E-state index in [1.165, 1.54) is 180 Å². The van der Waals surface area contributed by atoms with Gasteiger partial charge in [-0.05, 0) is 51.4 Å². The van der Waals surface area contributed by atoms with Crippen molar-refractivity contribution in [1.82, 2.24) is 5.32 Å². The fraction of sp³-hybridized carbons (Fsp3) is 0.920. The fourth-order valence-electron chi connectivity index (χ4n) is 7.69. The SMILES string of the molecule is CCCCCCCC/C=C\CCCCCCCCCC(=O)OCCCCCCCCCCCC(=O)NC(CO)C(O)CCCCCCCCCCCCCCC. The minimum Gasteiger partial charge on any atom is -0.466 e. The number of carbonyl (C=O) groups is 2. The lowest BCUT2D eigenvalue weighted by atomic mass is 10.0. The van der Waals surface area contributed by atoms with Crippen LogP contribution in [0, 0.1) is 0 Å². The average Bonchev–Trinajstić information content (AvgIpc) is 3.20. The molecule has 0 aromatic rings. The molecule has 2 atom stereocenters. The van der Waals surface area contributed by atoms with Crippen molar-refractivity contribution in [2.45, 2.75) is 283 Å². The molecule has 6 heteroatoms. The highest BCUT2D eigenvalue weighted by Gasteiger charge is 2.20. The predicted molar refractivity (Wildman–Crippen MR) is 241 cm³/mol. The summed E-state index contributed by atoms with van der Waals surface area (Å²) in [4.78, 5) is 24.5. The molecule has 2 unspecified atom stereocenters. The molecule has 0 bridgehead atoms. The van der Waals surface area contributed by atoms with Crippen molar-refractivity contribution in [2.75, 3.05) is 13.2 Å². The Balaban J connectivity index is 3.47. The van der Waals surface area contributed by atoms with Crippen LogP contribution in [0.3, 0.4) is 0 Å². The molecule has 0 rings (SSSR count). The number of allylic oxidation sites excluding steroid dienone is 2. The Morgan fingerprint density at radius 2 is 0.839 bits per heavy atom. The zero-order chi connectivity index (χ0) is 40.8.